The lowest BCUT2D eigenvalue weighted by atomic mass is 10.0. The first-order valence-electron chi connectivity index (χ1n) is 6.06. The molecule has 0 saturated carbocycles. The van der Waals surface area contributed by atoms with E-state index in [0.29, 0.717) is 5.56 Å². The van der Waals surface area contributed by atoms with Crippen molar-refractivity contribution in [3.63, 3.8) is 0 Å². The van der Waals surface area contributed by atoms with E-state index < -0.39 is 23.2 Å². The summed E-state index contributed by atoms with van der Waals surface area (Å²) in [7, 11) is 0. The maximum absolute atomic E-state index is 14.0. The summed E-state index contributed by atoms with van der Waals surface area (Å²) < 4.78 is 32.6. The van der Waals surface area contributed by atoms with Crippen molar-refractivity contribution in [3.8, 4) is 11.1 Å². The van der Waals surface area contributed by atoms with E-state index in [9.17, 15) is 13.6 Å². The number of halogens is 4. The van der Waals surface area contributed by atoms with Crippen molar-refractivity contribution in [1.29, 1.82) is 0 Å². The number of hydrogen-bond donors (Lipinski definition) is 0. The molecule has 0 N–H and O–H groups in total. The standard InChI is InChI=1S/C15H10Cl2F2O2/c1-2-21-15(20)14-11(18)6-8(7-12(14)19)13-9(16)4-3-5-10(13)17/h3-7H,2H2,1H3. The molecule has 2 rings (SSSR count). The van der Waals surface area contributed by atoms with Crippen molar-refractivity contribution in [2.75, 3.05) is 6.61 Å². The number of rotatable bonds is 3. The summed E-state index contributed by atoms with van der Waals surface area (Å²) in [6, 6.07) is 6.73. The van der Waals surface area contributed by atoms with Gasteiger partial charge in [0.25, 0.3) is 0 Å². The molecule has 0 fully saturated rings. The zero-order valence-electron chi connectivity index (χ0n) is 10.9. The van der Waals surface area contributed by atoms with Crippen molar-refractivity contribution in [2.45, 2.75) is 6.92 Å². The third-order valence-corrected chi connectivity index (χ3v) is 3.40. The number of esters is 1. The first-order valence-corrected chi connectivity index (χ1v) is 6.81. The molecule has 2 nitrogen and oxygen atoms in total. The van der Waals surface area contributed by atoms with Crippen LogP contribution in [0.3, 0.4) is 0 Å². The van der Waals surface area contributed by atoms with Crippen molar-refractivity contribution < 1.29 is 18.3 Å². The predicted molar refractivity (Wildman–Crippen MR) is 77.8 cm³/mol. The highest BCUT2D eigenvalue weighted by atomic mass is 35.5. The Kier molecular flexibility index (Phi) is 4.80. The fourth-order valence-electron chi connectivity index (χ4n) is 1.89. The molecule has 6 heteroatoms. The molecule has 0 bridgehead atoms. The van der Waals surface area contributed by atoms with Crippen LogP contribution >= 0.6 is 23.2 Å². The Morgan fingerprint density at radius 3 is 2.14 bits per heavy atom. The summed E-state index contributed by atoms with van der Waals surface area (Å²) in [5, 5.41) is 0.510. The highest BCUT2D eigenvalue weighted by Crippen LogP contribution is 2.36. The minimum Gasteiger partial charge on any atom is -0.462 e. The molecule has 2 aromatic rings. The van der Waals surface area contributed by atoms with Crippen molar-refractivity contribution in [2.24, 2.45) is 0 Å². The Balaban J connectivity index is 2.57. The van der Waals surface area contributed by atoms with E-state index in [1.54, 1.807) is 25.1 Å². The van der Waals surface area contributed by atoms with Gasteiger partial charge in [0.05, 0.1) is 6.61 Å². The van der Waals surface area contributed by atoms with E-state index in [4.69, 9.17) is 23.2 Å². The monoisotopic (exact) mass is 330 g/mol. The first kappa shape index (κ1) is 15.7. The average molecular weight is 331 g/mol. The summed E-state index contributed by atoms with van der Waals surface area (Å²) in [4.78, 5) is 11.5. The van der Waals surface area contributed by atoms with Crippen LogP contribution in [0.15, 0.2) is 30.3 Å². The van der Waals surface area contributed by atoms with Crippen LogP contribution in [0, 0.1) is 11.6 Å². The second kappa shape index (κ2) is 6.41. The van der Waals surface area contributed by atoms with Gasteiger partial charge in [0.1, 0.15) is 17.2 Å². The minimum atomic E-state index is -1.05. The van der Waals surface area contributed by atoms with Gasteiger partial charge in [0.2, 0.25) is 0 Å². The van der Waals surface area contributed by atoms with Gasteiger partial charge in [-0.1, -0.05) is 29.3 Å². The summed E-state index contributed by atoms with van der Waals surface area (Å²) >= 11 is 12.0. The molecule has 0 aromatic heterocycles. The molecular formula is C15H10Cl2F2O2. The number of hydrogen-bond acceptors (Lipinski definition) is 2. The minimum absolute atomic E-state index is 0.0236. The maximum Gasteiger partial charge on any atom is 0.344 e. The number of carbonyl (C=O) groups excluding carboxylic acids is 1. The van der Waals surface area contributed by atoms with Crippen molar-refractivity contribution in [3.05, 3.63) is 57.6 Å². The SMILES string of the molecule is CCOC(=O)c1c(F)cc(-c2c(Cl)cccc2Cl)cc1F. The van der Waals surface area contributed by atoms with Gasteiger partial charge in [-0.25, -0.2) is 13.6 Å². The summed E-state index contributed by atoms with van der Waals surface area (Å²) in [5.41, 5.74) is -0.286. The van der Waals surface area contributed by atoms with E-state index in [1.807, 2.05) is 0 Å². The van der Waals surface area contributed by atoms with Gasteiger partial charge in [-0.3, -0.25) is 0 Å². The van der Waals surface area contributed by atoms with Crippen LogP contribution in [-0.2, 0) is 4.74 Å². The zero-order valence-corrected chi connectivity index (χ0v) is 12.4. The molecule has 2 aromatic carbocycles. The Hall–Kier alpha value is -1.65. The molecule has 21 heavy (non-hydrogen) atoms. The number of carbonyl (C=O) groups is 1. The Labute approximate surface area is 130 Å². The fraction of sp³-hybridized carbons (Fsp3) is 0.133. The Morgan fingerprint density at radius 2 is 1.67 bits per heavy atom. The molecule has 0 spiro atoms. The largest absolute Gasteiger partial charge is 0.462 e. The summed E-state index contributed by atoms with van der Waals surface area (Å²) in [6.45, 7) is 1.57. The maximum atomic E-state index is 14.0. The fourth-order valence-corrected chi connectivity index (χ4v) is 2.50. The third-order valence-electron chi connectivity index (χ3n) is 2.77. The molecule has 0 unspecified atom stereocenters. The lowest BCUT2D eigenvalue weighted by Gasteiger charge is -2.10. The van der Waals surface area contributed by atoms with Crippen LogP contribution in [0.5, 0.6) is 0 Å². The van der Waals surface area contributed by atoms with Gasteiger partial charge in [0.15, 0.2) is 0 Å². The van der Waals surface area contributed by atoms with E-state index in [2.05, 4.69) is 4.74 Å². The Morgan fingerprint density at radius 1 is 1.14 bits per heavy atom. The molecule has 0 saturated heterocycles. The van der Waals surface area contributed by atoms with Gasteiger partial charge in [0, 0.05) is 15.6 Å². The van der Waals surface area contributed by atoms with E-state index >= 15 is 0 Å². The molecule has 0 aliphatic heterocycles. The van der Waals surface area contributed by atoms with Crippen LogP contribution in [0.4, 0.5) is 8.78 Å². The lowest BCUT2D eigenvalue weighted by molar-refractivity contribution is 0.0515. The van der Waals surface area contributed by atoms with Gasteiger partial charge < -0.3 is 4.74 Å². The molecule has 0 amide bonds. The van der Waals surface area contributed by atoms with Gasteiger partial charge in [-0.15, -0.1) is 0 Å². The molecule has 0 aliphatic carbocycles. The van der Waals surface area contributed by atoms with Gasteiger partial charge >= 0.3 is 5.97 Å². The molecule has 0 aliphatic rings. The van der Waals surface area contributed by atoms with E-state index in [0.717, 1.165) is 12.1 Å². The Bertz CT molecular complexity index is 659. The normalized spacial score (nSPS) is 10.5. The molecular weight excluding hydrogens is 321 g/mol. The zero-order chi connectivity index (χ0) is 15.6. The quantitative estimate of drug-likeness (QED) is 0.730. The predicted octanol–water partition coefficient (Wildman–Crippen LogP) is 5.12. The van der Waals surface area contributed by atoms with Gasteiger partial charge in [-0.2, -0.15) is 0 Å². The van der Waals surface area contributed by atoms with Crippen molar-refractivity contribution in [1.82, 2.24) is 0 Å². The third kappa shape index (κ3) is 3.17. The average Bonchev–Trinajstić information content (AvgIpc) is 2.38. The van der Waals surface area contributed by atoms with Crippen LogP contribution in [0.25, 0.3) is 11.1 Å². The first-order chi connectivity index (χ1) is 9.95. The highest BCUT2D eigenvalue weighted by molar-refractivity contribution is 6.39. The second-order valence-corrected chi connectivity index (χ2v) is 4.95. The summed E-state index contributed by atoms with van der Waals surface area (Å²) in [6.07, 6.45) is 0. The number of ether oxygens (including phenoxy) is 1. The molecule has 0 heterocycles. The van der Waals surface area contributed by atoms with Crippen LogP contribution in [-0.4, -0.2) is 12.6 Å². The van der Waals surface area contributed by atoms with Crippen LogP contribution < -0.4 is 0 Å². The van der Waals surface area contributed by atoms with Gasteiger partial charge in [-0.05, 0) is 36.8 Å². The number of benzene rings is 2. The molecule has 0 radical (unpaired) electrons. The van der Waals surface area contributed by atoms with E-state index in [1.165, 1.54) is 0 Å². The van der Waals surface area contributed by atoms with Crippen LogP contribution in [0.1, 0.15) is 17.3 Å². The summed E-state index contributed by atoms with van der Waals surface area (Å²) in [5.74, 6) is -3.11. The molecule has 110 valence electrons. The topological polar surface area (TPSA) is 26.3 Å². The second-order valence-electron chi connectivity index (χ2n) is 4.13. The van der Waals surface area contributed by atoms with Crippen LogP contribution in [0.2, 0.25) is 10.0 Å². The lowest BCUT2D eigenvalue weighted by Crippen LogP contribution is -2.10. The highest BCUT2D eigenvalue weighted by Gasteiger charge is 2.21. The van der Waals surface area contributed by atoms with Crippen molar-refractivity contribution >= 4 is 29.2 Å². The molecule has 0 atom stereocenters. The smallest absolute Gasteiger partial charge is 0.344 e. The van der Waals surface area contributed by atoms with E-state index in [-0.39, 0.29) is 22.2 Å².